The third-order valence-corrected chi connectivity index (χ3v) is 4.94. The highest BCUT2D eigenvalue weighted by Gasteiger charge is 2.21. The number of carbonyl (C=O) groups is 2. The first-order chi connectivity index (χ1) is 14.7. The summed E-state index contributed by atoms with van der Waals surface area (Å²) in [5.41, 5.74) is 3.50. The molecule has 5 heteroatoms. The Balaban J connectivity index is 1.32. The summed E-state index contributed by atoms with van der Waals surface area (Å²) in [5.74, 6) is 0.342. The molecule has 0 radical (unpaired) electrons. The van der Waals surface area contributed by atoms with Gasteiger partial charge >= 0.3 is 0 Å². The lowest BCUT2D eigenvalue weighted by Crippen LogP contribution is -2.13. The maximum atomic E-state index is 12.6. The van der Waals surface area contributed by atoms with Crippen molar-refractivity contribution < 1.29 is 14.3 Å². The van der Waals surface area contributed by atoms with Gasteiger partial charge in [-0.3, -0.25) is 9.59 Å². The third-order valence-electron chi connectivity index (χ3n) is 4.94. The summed E-state index contributed by atoms with van der Waals surface area (Å²) in [6, 6.07) is 23.5. The second-order valence-corrected chi connectivity index (χ2v) is 7.51. The molecule has 0 saturated heterocycles. The minimum Gasteiger partial charge on any atom is -0.376 e. The molecular formula is C25H24N2O3. The van der Waals surface area contributed by atoms with E-state index in [2.05, 4.69) is 10.6 Å². The van der Waals surface area contributed by atoms with Crippen LogP contribution >= 0.6 is 0 Å². The molecular weight excluding hydrogens is 376 g/mol. The molecule has 3 aromatic carbocycles. The zero-order valence-corrected chi connectivity index (χ0v) is 16.6. The number of ether oxygens (including phenoxy) is 1. The van der Waals surface area contributed by atoms with Crippen molar-refractivity contribution in [1.29, 1.82) is 0 Å². The van der Waals surface area contributed by atoms with E-state index in [-0.39, 0.29) is 11.8 Å². The van der Waals surface area contributed by atoms with E-state index in [9.17, 15) is 9.59 Å². The Labute approximate surface area is 176 Å². The molecule has 30 heavy (non-hydrogen) atoms. The molecule has 4 rings (SSSR count). The first-order valence-electron chi connectivity index (χ1n) is 10.1. The number of rotatable bonds is 8. The highest BCUT2D eigenvalue weighted by atomic mass is 16.5. The predicted molar refractivity (Wildman–Crippen MR) is 118 cm³/mol. The van der Waals surface area contributed by atoms with Gasteiger partial charge in [-0.05, 0) is 72.9 Å². The molecule has 1 aliphatic carbocycles. The van der Waals surface area contributed by atoms with E-state index >= 15 is 0 Å². The van der Waals surface area contributed by atoms with Gasteiger partial charge in [-0.2, -0.15) is 0 Å². The fraction of sp³-hybridized carbons (Fsp3) is 0.200. The van der Waals surface area contributed by atoms with Crippen LogP contribution in [0.2, 0.25) is 0 Å². The summed E-state index contributed by atoms with van der Waals surface area (Å²) >= 11 is 0. The minimum atomic E-state index is -0.202. The number of carbonyl (C=O) groups excluding carboxylic acids is 2. The van der Waals surface area contributed by atoms with Crippen LogP contribution in [0, 0.1) is 5.92 Å². The lowest BCUT2D eigenvalue weighted by molar-refractivity contribution is 0.101. The molecule has 1 saturated carbocycles. The lowest BCUT2D eigenvalue weighted by atomic mass is 10.1. The number of benzene rings is 3. The van der Waals surface area contributed by atoms with Gasteiger partial charge in [-0.1, -0.05) is 30.3 Å². The smallest absolute Gasteiger partial charge is 0.255 e. The van der Waals surface area contributed by atoms with Crippen LogP contribution in [-0.4, -0.2) is 18.4 Å². The quantitative estimate of drug-likeness (QED) is 0.552. The molecule has 0 bridgehead atoms. The molecule has 3 aromatic rings. The molecule has 0 atom stereocenters. The van der Waals surface area contributed by atoms with Crippen LogP contribution in [0.15, 0.2) is 78.9 Å². The molecule has 0 heterocycles. The van der Waals surface area contributed by atoms with Crippen LogP contribution in [0.1, 0.15) is 39.1 Å². The number of hydrogen-bond donors (Lipinski definition) is 2. The molecule has 0 unspecified atom stereocenters. The lowest BCUT2D eigenvalue weighted by Gasteiger charge is -2.09. The van der Waals surface area contributed by atoms with Gasteiger partial charge < -0.3 is 15.4 Å². The summed E-state index contributed by atoms with van der Waals surface area (Å²) in [5, 5.41) is 5.74. The number of amides is 2. The summed E-state index contributed by atoms with van der Waals surface area (Å²) in [4.78, 5) is 24.8. The van der Waals surface area contributed by atoms with Gasteiger partial charge in [0.25, 0.3) is 11.8 Å². The fourth-order valence-electron chi connectivity index (χ4n) is 3.07. The third kappa shape index (κ3) is 5.55. The van der Waals surface area contributed by atoms with E-state index in [0.29, 0.717) is 23.4 Å². The minimum absolute atomic E-state index is 0.187. The second-order valence-electron chi connectivity index (χ2n) is 7.51. The molecule has 0 aliphatic heterocycles. The molecule has 152 valence electrons. The normalized spacial score (nSPS) is 12.9. The van der Waals surface area contributed by atoms with Gasteiger partial charge in [-0.25, -0.2) is 0 Å². The predicted octanol–water partition coefficient (Wildman–Crippen LogP) is 5.12. The summed E-state index contributed by atoms with van der Waals surface area (Å²) in [7, 11) is 0. The fourth-order valence-corrected chi connectivity index (χ4v) is 3.07. The van der Waals surface area contributed by atoms with Crippen molar-refractivity contribution in [2.24, 2.45) is 5.92 Å². The zero-order chi connectivity index (χ0) is 20.8. The van der Waals surface area contributed by atoms with Crippen LogP contribution < -0.4 is 10.6 Å². The van der Waals surface area contributed by atoms with Crippen LogP contribution in [-0.2, 0) is 11.3 Å². The Hall–Kier alpha value is -3.44. The summed E-state index contributed by atoms with van der Waals surface area (Å²) < 4.78 is 5.72. The summed E-state index contributed by atoms with van der Waals surface area (Å²) in [6.07, 6.45) is 2.54. The monoisotopic (exact) mass is 400 g/mol. The van der Waals surface area contributed by atoms with Gasteiger partial charge in [0, 0.05) is 29.1 Å². The van der Waals surface area contributed by atoms with Crippen molar-refractivity contribution in [3.8, 4) is 0 Å². The van der Waals surface area contributed by atoms with Gasteiger partial charge in [0.2, 0.25) is 0 Å². The van der Waals surface area contributed by atoms with E-state index in [0.717, 1.165) is 23.8 Å². The van der Waals surface area contributed by atoms with Crippen LogP contribution in [0.3, 0.4) is 0 Å². The van der Waals surface area contributed by atoms with Crippen LogP contribution in [0.4, 0.5) is 11.4 Å². The standard InChI is InChI=1S/C25H24N2O3/c28-24(20-6-2-1-3-7-20)26-22-13-11-21(12-14-22)25(29)27-23-8-4-5-19(15-23)17-30-16-18-9-10-18/h1-8,11-15,18H,9-10,16-17H2,(H,26,28)(H,27,29). The van der Waals surface area contributed by atoms with Crippen LogP contribution in [0.5, 0.6) is 0 Å². The van der Waals surface area contributed by atoms with Crippen molar-refractivity contribution in [1.82, 2.24) is 0 Å². The molecule has 1 fully saturated rings. The van der Waals surface area contributed by atoms with Crippen molar-refractivity contribution in [3.63, 3.8) is 0 Å². The second kappa shape index (κ2) is 9.37. The zero-order valence-electron chi connectivity index (χ0n) is 16.6. The highest BCUT2D eigenvalue weighted by molar-refractivity contribution is 6.06. The van der Waals surface area contributed by atoms with Gasteiger partial charge in [0.05, 0.1) is 6.61 Å². The Morgan fingerprint density at radius 2 is 1.43 bits per heavy atom. The average Bonchev–Trinajstić information content (AvgIpc) is 3.59. The van der Waals surface area contributed by atoms with E-state index in [1.54, 1.807) is 36.4 Å². The van der Waals surface area contributed by atoms with Crippen molar-refractivity contribution in [2.45, 2.75) is 19.4 Å². The van der Waals surface area contributed by atoms with E-state index in [4.69, 9.17) is 4.74 Å². The van der Waals surface area contributed by atoms with Crippen molar-refractivity contribution in [2.75, 3.05) is 17.2 Å². The number of hydrogen-bond acceptors (Lipinski definition) is 3. The summed E-state index contributed by atoms with van der Waals surface area (Å²) in [6.45, 7) is 1.36. The van der Waals surface area contributed by atoms with Gasteiger partial charge in [0.15, 0.2) is 0 Å². The Bertz CT molecular complexity index is 1010. The van der Waals surface area contributed by atoms with Gasteiger partial charge in [0.1, 0.15) is 0 Å². The van der Waals surface area contributed by atoms with Gasteiger partial charge in [-0.15, -0.1) is 0 Å². The SMILES string of the molecule is O=C(Nc1ccc(C(=O)Nc2cccc(COCC3CC3)c2)cc1)c1ccccc1. The number of anilines is 2. The first kappa shape index (κ1) is 19.9. The molecule has 2 N–H and O–H groups in total. The molecule has 0 aromatic heterocycles. The van der Waals surface area contributed by atoms with E-state index in [1.165, 1.54) is 12.8 Å². The van der Waals surface area contributed by atoms with Crippen molar-refractivity contribution in [3.05, 3.63) is 95.6 Å². The molecule has 2 amide bonds. The first-order valence-corrected chi connectivity index (χ1v) is 10.1. The molecule has 5 nitrogen and oxygen atoms in total. The topological polar surface area (TPSA) is 67.4 Å². The molecule has 0 spiro atoms. The highest BCUT2D eigenvalue weighted by Crippen LogP contribution is 2.29. The van der Waals surface area contributed by atoms with Crippen molar-refractivity contribution >= 4 is 23.2 Å². The number of nitrogens with one attached hydrogen (secondary N) is 2. The Kier molecular flexibility index (Phi) is 6.20. The maximum absolute atomic E-state index is 12.6. The average molecular weight is 400 g/mol. The maximum Gasteiger partial charge on any atom is 0.255 e. The molecule has 1 aliphatic rings. The van der Waals surface area contributed by atoms with Crippen LogP contribution in [0.25, 0.3) is 0 Å². The van der Waals surface area contributed by atoms with E-state index < -0.39 is 0 Å². The Morgan fingerprint density at radius 1 is 0.767 bits per heavy atom. The largest absolute Gasteiger partial charge is 0.376 e. The van der Waals surface area contributed by atoms with E-state index in [1.807, 2.05) is 42.5 Å². The Morgan fingerprint density at radius 3 is 2.13 bits per heavy atom.